The van der Waals surface area contributed by atoms with E-state index in [1.54, 1.807) is 12.1 Å². The van der Waals surface area contributed by atoms with Gasteiger partial charge in [-0.15, -0.1) is 0 Å². The monoisotopic (exact) mass is 284 g/mol. The minimum atomic E-state index is -0.156. The minimum absolute atomic E-state index is 0.0301. The van der Waals surface area contributed by atoms with E-state index in [4.69, 9.17) is 5.26 Å². The number of carbonyl (C=O) groups is 1. The van der Waals surface area contributed by atoms with E-state index < -0.39 is 0 Å². The van der Waals surface area contributed by atoms with Crippen LogP contribution in [0.1, 0.15) is 43.4 Å². The zero-order chi connectivity index (χ0) is 14.8. The van der Waals surface area contributed by atoms with E-state index in [9.17, 15) is 4.79 Å². The van der Waals surface area contributed by atoms with Crippen molar-refractivity contribution in [2.24, 2.45) is 5.92 Å². The van der Waals surface area contributed by atoms with Gasteiger partial charge in [-0.3, -0.25) is 10.2 Å². The number of nitrogens with zero attached hydrogens (tertiary/aromatic N) is 1. The molecule has 1 saturated carbocycles. The molecule has 1 heterocycles. The van der Waals surface area contributed by atoms with Crippen molar-refractivity contribution in [3.8, 4) is 6.07 Å². The number of nitrogens with one attached hydrogen (secondary N) is 3. The van der Waals surface area contributed by atoms with Gasteiger partial charge < -0.3 is 5.32 Å². The van der Waals surface area contributed by atoms with E-state index in [2.05, 4.69) is 22.2 Å². The quantitative estimate of drug-likeness (QED) is 0.780. The Morgan fingerprint density at radius 3 is 2.67 bits per heavy atom. The number of hydrogen-bond acceptors (Lipinski definition) is 4. The molecule has 2 fully saturated rings. The highest BCUT2D eigenvalue weighted by atomic mass is 16.2. The number of hydrogen-bond donors (Lipinski definition) is 3. The van der Waals surface area contributed by atoms with E-state index >= 15 is 0 Å². The molecule has 1 amide bonds. The number of carbonyl (C=O) groups excluding carboxylic acids is 1. The lowest BCUT2D eigenvalue weighted by atomic mass is 10.0. The van der Waals surface area contributed by atoms with Gasteiger partial charge in [-0.25, -0.2) is 5.43 Å². The Morgan fingerprint density at radius 1 is 1.33 bits per heavy atom. The molecule has 1 aromatic rings. The predicted molar refractivity (Wildman–Crippen MR) is 78.9 cm³/mol. The Kier molecular flexibility index (Phi) is 3.91. The van der Waals surface area contributed by atoms with E-state index in [0.717, 1.165) is 17.9 Å². The van der Waals surface area contributed by atoms with Crippen molar-refractivity contribution in [1.82, 2.24) is 16.2 Å². The Hall–Kier alpha value is -1.90. The molecule has 1 aromatic carbocycles. The number of hydrazine groups is 1. The fourth-order valence-corrected chi connectivity index (χ4v) is 2.80. The Labute approximate surface area is 124 Å². The molecule has 21 heavy (non-hydrogen) atoms. The van der Waals surface area contributed by atoms with Gasteiger partial charge in [0.15, 0.2) is 0 Å². The Bertz CT molecular complexity index is 559. The minimum Gasteiger partial charge on any atom is -0.348 e. The highest BCUT2D eigenvalue weighted by Crippen LogP contribution is 2.35. The van der Waals surface area contributed by atoms with Crippen LogP contribution in [0.2, 0.25) is 0 Å². The number of rotatable bonds is 4. The maximum atomic E-state index is 12.3. The molecule has 0 radical (unpaired) electrons. The summed E-state index contributed by atoms with van der Waals surface area (Å²) >= 11 is 0. The van der Waals surface area contributed by atoms with Crippen molar-refractivity contribution in [3.63, 3.8) is 0 Å². The van der Waals surface area contributed by atoms with Crippen LogP contribution >= 0.6 is 0 Å². The van der Waals surface area contributed by atoms with Gasteiger partial charge in [0.1, 0.15) is 6.04 Å². The zero-order valence-electron chi connectivity index (χ0n) is 12.1. The highest BCUT2D eigenvalue weighted by Gasteiger charge is 2.38. The molecular formula is C16H20N4O. The van der Waals surface area contributed by atoms with Gasteiger partial charge >= 0.3 is 0 Å². The first kappa shape index (κ1) is 14.1. The van der Waals surface area contributed by atoms with E-state index in [0.29, 0.717) is 11.6 Å². The molecule has 0 aromatic heterocycles. The predicted octanol–water partition coefficient (Wildman–Crippen LogP) is 1.38. The maximum absolute atomic E-state index is 12.3. The summed E-state index contributed by atoms with van der Waals surface area (Å²) in [5, 5.41) is 11.8. The molecular weight excluding hydrogens is 264 g/mol. The van der Waals surface area contributed by atoms with Crippen molar-refractivity contribution in [2.75, 3.05) is 0 Å². The Balaban J connectivity index is 1.55. The van der Waals surface area contributed by atoms with Crippen LogP contribution in [0.4, 0.5) is 0 Å². The SMILES string of the molecule is CC(NC(=O)C1CC(C2CC2)NN1)c1ccc(C#N)cc1. The molecule has 3 N–H and O–H groups in total. The van der Waals surface area contributed by atoms with Gasteiger partial charge in [-0.2, -0.15) is 5.26 Å². The first-order valence-electron chi connectivity index (χ1n) is 7.49. The summed E-state index contributed by atoms with van der Waals surface area (Å²) in [5.74, 6) is 0.772. The fraction of sp³-hybridized carbons (Fsp3) is 0.500. The average Bonchev–Trinajstić information content (AvgIpc) is 3.24. The second-order valence-corrected chi connectivity index (χ2v) is 5.98. The van der Waals surface area contributed by atoms with Gasteiger partial charge in [0, 0.05) is 6.04 Å². The van der Waals surface area contributed by atoms with Crippen LogP contribution in [0.3, 0.4) is 0 Å². The lowest BCUT2D eigenvalue weighted by molar-refractivity contribution is -0.123. The van der Waals surface area contributed by atoms with Crippen molar-refractivity contribution < 1.29 is 4.79 Å². The van der Waals surface area contributed by atoms with Gasteiger partial charge in [0.25, 0.3) is 0 Å². The van der Waals surface area contributed by atoms with Crippen molar-refractivity contribution in [2.45, 2.75) is 44.3 Å². The molecule has 1 aliphatic carbocycles. The highest BCUT2D eigenvalue weighted by molar-refractivity contribution is 5.82. The van der Waals surface area contributed by atoms with Crippen molar-refractivity contribution in [3.05, 3.63) is 35.4 Å². The molecule has 5 heteroatoms. The second kappa shape index (κ2) is 5.84. The van der Waals surface area contributed by atoms with E-state index in [1.165, 1.54) is 12.8 Å². The Morgan fingerprint density at radius 2 is 2.05 bits per heavy atom. The van der Waals surface area contributed by atoms with Crippen LogP contribution in [-0.2, 0) is 4.79 Å². The molecule has 1 aliphatic heterocycles. The lowest BCUT2D eigenvalue weighted by Crippen LogP contribution is -2.44. The van der Waals surface area contributed by atoms with E-state index in [1.807, 2.05) is 19.1 Å². The average molecular weight is 284 g/mol. The largest absolute Gasteiger partial charge is 0.348 e. The molecule has 110 valence electrons. The zero-order valence-corrected chi connectivity index (χ0v) is 12.1. The van der Waals surface area contributed by atoms with Crippen LogP contribution in [0.15, 0.2) is 24.3 Å². The van der Waals surface area contributed by atoms with Crippen LogP contribution in [-0.4, -0.2) is 18.0 Å². The number of nitriles is 1. The molecule has 1 saturated heterocycles. The second-order valence-electron chi connectivity index (χ2n) is 5.98. The number of amides is 1. The third kappa shape index (κ3) is 3.23. The van der Waals surface area contributed by atoms with Crippen molar-refractivity contribution in [1.29, 1.82) is 5.26 Å². The summed E-state index contributed by atoms with van der Waals surface area (Å²) in [6.07, 6.45) is 3.40. The summed E-state index contributed by atoms with van der Waals surface area (Å²) in [6.45, 7) is 1.96. The first-order chi connectivity index (χ1) is 10.2. The molecule has 0 bridgehead atoms. The fourth-order valence-electron chi connectivity index (χ4n) is 2.80. The van der Waals surface area contributed by atoms with Crippen LogP contribution in [0.5, 0.6) is 0 Å². The third-order valence-corrected chi connectivity index (χ3v) is 4.34. The van der Waals surface area contributed by atoms with Gasteiger partial charge in [0.2, 0.25) is 5.91 Å². The summed E-state index contributed by atoms with van der Waals surface area (Å²) in [4.78, 5) is 12.3. The standard InChI is InChI=1S/C16H20N4O/c1-10(12-4-2-11(9-17)3-5-12)18-16(21)15-8-14(19-20-15)13-6-7-13/h2-5,10,13-15,19-20H,6-8H2,1H3,(H,18,21). The molecule has 2 aliphatic rings. The van der Waals surface area contributed by atoms with Crippen molar-refractivity contribution >= 4 is 5.91 Å². The lowest BCUT2D eigenvalue weighted by Gasteiger charge is -2.17. The van der Waals surface area contributed by atoms with Gasteiger partial charge in [-0.05, 0) is 49.8 Å². The smallest absolute Gasteiger partial charge is 0.239 e. The molecule has 3 unspecified atom stereocenters. The molecule has 0 spiro atoms. The summed E-state index contributed by atoms with van der Waals surface area (Å²) in [5.41, 5.74) is 7.97. The molecule has 5 nitrogen and oxygen atoms in total. The van der Waals surface area contributed by atoms with E-state index in [-0.39, 0.29) is 18.0 Å². The summed E-state index contributed by atoms with van der Waals surface area (Å²) in [7, 11) is 0. The maximum Gasteiger partial charge on any atom is 0.239 e. The topological polar surface area (TPSA) is 77.0 Å². The normalized spacial score (nSPS) is 26.1. The first-order valence-corrected chi connectivity index (χ1v) is 7.49. The van der Waals surface area contributed by atoms with Gasteiger partial charge in [-0.1, -0.05) is 12.1 Å². The van der Waals surface area contributed by atoms with Crippen LogP contribution < -0.4 is 16.2 Å². The third-order valence-electron chi connectivity index (χ3n) is 4.34. The van der Waals surface area contributed by atoms with Gasteiger partial charge in [0.05, 0.1) is 17.7 Å². The van der Waals surface area contributed by atoms with Crippen LogP contribution in [0, 0.1) is 17.2 Å². The summed E-state index contributed by atoms with van der Waals surface area (Å²) in [6, 6.07) is 9.63. The number of benzene rings is 1. The molecule has 3 rings (SSSR count). The summed E-state index contributed by atoms with van der Waals surface area (Å²) < 4.78 is 0. The van der Waals surface area contributed by atoms with Crippen LogP contribution in [0.25, 0.3) is 0 Å². The molecule has 3 atom stereocenters.